The molecule has 0 spiro atoms. The van der Waals surface area contributed by atoms with Crippen molar-refractivity contribution in [2.45, 2.75) is 6.92 Å². The molecule has 0 aliphatic carbocycles. The van der Waals surface area contributed by atoms with Crippen LogP contribution in [0.5, 0.6) is 0 Å². The van der Waals surface area contributed by atoms with Crippen molar-refractivity contribution in [2.24, 2.45) is 0 Å². The Morgan fingerprint density at radius 3 is 2.33 bits per heavy atom. The fraction of sp³-hybridized carbons (Fsp3) is 0.172. The molecule has 5 aromatic rings. The first kappa shape index (κ1) is 25.3. The van der Waals surface area contributed by atoms with Gasteiger partial charge in [-0.05, 0) is 60.8 Å². The fourth-order valence-corrected chi connectivity index (χ4v) is 5.73. The van der Waals surface area contributed by atoms with Crippen molar-refractivity contribution in [2.75, 3.05) is 31.5 Å². The zero-order valence-electron chi connectivity index (χ0n) is 21.2. The quantitative estimate of drug-likeness (QED) is 0.266. The molecule has 1 aliphatic heterocycles. The Bertz CT molecular complexity index is 1640. The molecule has 1 aliphatic rings. The predicted octanol–water partition coefficient (Wildman–Crippen LogP) is 6.21. The number of urea groups is 1. The smallest absolute Gasteiger partial charge is 0.321 e. The number of amides is 3. The number of piperazine rings is 1. The third kappa shape index (κ3) is 5.05. The van der Waals surface area contributed by atoms with Gasteiger partial charge in [-0.1, -0.05) is 40.2 Å². The van der Waals surface area contributed by atoms with Gasteiger partial charge in [0.25, 0.3) is 5.91 Å². The largest absolute Gasteiger partial charge is 0.335 e. The number of nitrogens with zero attached hydrogens (tertiary/aromatic N) is 5. The monoisotopic (exact) mass is 600 g/mol. The molecule has 1 fully saturated rings. The van der Waals surface area contributed by atoms with Crippen molar-refractivity contribution < 1.29 is 9.59 Å². The molecule has 0 radical (unpaired) electrons. The van der Waals surface area contributed by atoms with Crippen LogP contribution in [0.1, 0.15) is 16.1 Å². The minimum absolute atomic E-state index is 0.0797. The SMILES string of the molecule is Cc1nn(-c2ccccc2)c2nc(-c3cccs3)cc(C(=O)N3CCN(C(=O)Nc4ccc(Br)cc4)CC3)c12. The zero-order valence-corrected chi connectivity index (χ0v) is 23.6. The Hall–Kier alpha value is -4.02. The number of halogens is 1. The van der Waals surface area contributed by atoms with E-state index in [-0.39, 0.29) is 11.9 Å². The van der Waals surface area contributed by atoms with Gasteiger partial charge in [-0.15, -0.1) is 11.3 Å². The van der Waals surface area contributed by atoms with Crippen molar-refractivity contribution in [1.82, 2.24) is 24.6 Å². The van der Waals surface area contributed by atoms with Gasteiger partial charge in [0.15, 0.2) is 5.65 Å². The summed E-state index contributed by atoms with van der Waals surface area (Å²) in [5, 5.41) is 10.5. The first-order valence-electron chi connectivity index (χ1n) is 12.6. The maximum absolute atomic E-state index is 14.0. The number of anilines is 1. The summed E-state index contributed by atoms with van der Waals surface area (Å²) in [5.41, 5.74) is 4.33. The Balaban J connectivity index is 1.28. The number of aryl methyl sites for hydroxylation is 1. The van der Waals surface area contributed by atoms with Crippen molar-refractivity contribution in [3.8, 4) is 16.3 Å². The standard InChI is InChI=1S/C29H25BrN6O2S/c1-19-26-23(28(37)34-13-15-35(16-14-34)29(38)31-21-11-9-20(30)10-12-21)18-24(25-8-5-17-39-25)32-27(26)36(33-19)22-6-3-2-4-7-22/h2-12,17-18H,13-16H2,1H3,(H,31,38). The van der Waals surface area contributed by atoms with Gasteiger partial charge in [-0.3, -0.25) is 4.79 Å². The summed E-state index contributed by atoms with van der Waals surface area (Å²) in [7, 11) is 0. The average molecular weight is 602 g/mol. The molecule has 0 atom stereocenters. The van der Waals surface area contributed by atoms with Crippen molar-refractivity contribution in [3.63, 3.8) is 0 Å². The van der Waals surface area contributed by atoms with Crippen LogP contribution in [0, 0.1) is 6.92 Å². The molecule has 196 valence electrons. The second-order valence-corrected chi connectivity index (χ2v) is 11.1. The molecule has 39 heavy (non-hydrogen) atoms. The van der Waals surface area contributed by atoms with E-state index in [2.05, 4.69) is 21.2 Å². The molecule has 4 heterocycles. The number of para-hydroxylation sites is 1. The molecular weight excluding hydrogens is 576 g/mol. The van der Waals surface area contributed by atoms with Gasteiger partial charge >= 0.3 is 6.03 Å². The number of hydrogen-bond donors (Lipinski definition) is 1. The van der Waals surface area contributed by atoms with E-state index < -0.39 is 0 Å². The van der Waals surface area contributed by atoms with E-state index in [0.717, 1.165) is 37.5 Å². The number of thiophene rings is 1. The molecule has 1 saturated heterocycles. The van der Waals surface area contributed by atoms with Gasteiger partial charge in [0.1, 0.15) is 0 Å². The van der Waals surface area contributed by atoms with Gasteiger partial charge in [0.2, 0.25) is 0 Å². The Morgan fingerprint density at radius 2 is 1.64 bits per heavy atom. The molecule has 3 amide bonds. The first-order valence-corrected chi connectivity index (χ1v) is 14.3. The summed E-state index contributed by atoms with van der Waals surface area (Å²) in [4.78, 5) is 36.3. The van der Waals surface area contributed by atoms with Crippen molar-refractivity contribution in [3.05, 3.63) is 93.9 Å². The van der Waals surface area contributed by atoms with Crippen LogP contribution in [0.3, 0.4) is 0 Å². The van der Waals surface area contributed by atoms with Gasteiger partial charge in [-0.25, -0.2) is 14.5 Å². The third-order valence-electron chi connectivity index (χ3n) is 6.77. The number of rotatable bonds is 4. The van der Waals surface area contributed by atoms with Crippen LogP contribution in [0.15, 0.2) is 82.6 Å². The molecule has 0 saturated carbocycles. The van der Waals surface area contributed by atoms with Crippen LogP contribution in [0.25, 0.3) is 27.3 Å². The number of carbonyl (C=O) groups excluding carboxylic acids is 2. The predicted molar refractivity (Wildman–Crippen MR) is 158 cm³/mol. The molecule has 3 aromatic heterocycles. The average Bonchev–Trinajstić information content (AvgIpc) is 3.63. The maximum atomic E-state index is 14.0. The molecule has 0 bridgehead atoms. The molecule has 8 nitrogen and oxygen atoms in total. The number of carbonyl (C=O) groups is 2. The van der Waals surface area contributed by atoms with E-state index in [9.17, 15) is 9.59 Å². The van der Waals surface area contributed by atoms with E-state index in [1.807, 2.05) is 94.7 Å². The number of hydrogen-bond acceptors (Lipinski definition) is 5. The normalized spacial score (nSPS) is 13.6. The minimum Gasteiger partial charge on any atom is -0.335 e. The van der Waals surface area contributed by atoms with Crippen LogP contribution < -0.4 is 5.32 Å². The highest BCUT2D eigenvalue weighted by Gasteiger charge is 2.28. The highest BCUT2D eigenvalue weighted by molar-refractivity contribution is 9.10. The fourth-order valence-electron chi connectivity index (χ4n) is 4.78. The van der Waals surface area contributed by atoms with Gasteiger partial charge in [0.05, 0.1) is 32.9 Å². The summed E-state index contributed by atoms with van der Waals surface area (Å²) < 4.78 is 2.76. The van der Waals surface area contributed by atoms with Crippen molar-refractivity contribution >= 4 is 55.9 Å². The second kappa shape index (κ2) is 10.6. The summed E-state index contributed by atoms with van der Waals surface area (Å²) in [6, 6.07) is 23.0. The molecule has 2 aromatic carbocycles. The minimum atomic E-state index is -0.171. The Morgan fingerprint density at radius 1 is 0.923 bits per heavy atom. The number of pyridine rings is 1. The third-order valence-corrected chi connectivity index (χ3v) is 8.19. The van der Waals surface area contributed by atoms with Crippen LogP contribution in [0.2, 0.25) is 0 Å². The number of aromatic nitrogens is 3. The van der Waals surface area contributed by atoms with Crippen LogP contribution >= 0.6 is 27.3 Å². The highest BCUT2D eigenvalue weighted by Crippen LogP contribution is 2.31. The number of fused-ring (bicyclic) bond motifs is 1. The summed E-state index contributed by atoms with van der Waals surface area (Å²) >= 11 is 4.99. The summed E-state index contributed by atoms with van der Waals surface area (Å²) in [5.74, 6) is -0.0797. The summed E-state index contributed by atoms with van der Waals surface area (Å²) in [6.07, 6.45) is 0. The lowest BCUT2D eigenvalue weighted by Crippen LogP contribution is -2.51. The molecule has 10 heteroatoms. The van der Waals surface area contributed by atoms with Gasteiger partial charge < -0.3 is 15.1 Å². The maximum Gasteiger partial charge on any atom is 0.321 e. The van der Waals surface area contributed by atoms with Gasteiger partial charge in [0, 0.05) is 36.3 Å². The van der Waals surface area contributed by atoms with E-state index in [1.54, 1.807) is 16.2 Å². The van der Waals surface area contributed by atoms with E-state index in [1.165, 1.54) is 0 Å². The molecule has 0 unspecified atom stereocenters. The Labute approximate surface area is 238 Å². The summed E-state index contributed by atoms with van der Waals surface area (Å²) in [6.45, 7) is 3.69. The van der Waals surface area contributed by atoms with Crippen LogP contribution in [-0.4, -0.2) is 62.7 Å². The van der Waals surface area contributed by atoms with Crippen LogP contribution in [-0.2, 0) is 0 Å². The molecule has 6 rings (SSSR count). The lowest BCUT2D eigenvalue weighted by molar-refractivity contribution is 0.0673. The highest BCUT2D eigenvalue weighted by atomic mass is 79.9. The van der Waals surface area contributed by atoms with E-state index in [4.69, 9.17) is 10.1 Å². The second-order valence-electron chi connectivity index (χ2n) is 9.28. The molecular formula is C29H25BrN6O2S. The van der Waals surface area contributed by atoms with Crippen LogP contribution in [0.4, 0.5) is 10.5 Å². The topological polar surface area (TPSA) is 83.4 Å². The van der Waals surface area contributed by atoms with E-state index in [0.29, 0.717) is 37.4 Å². The zero-order chi connectivity index (χ0) is 26.9. The Kier molecular flexibility index (Phi) is 6.88. The lowest BCUT2D eigenvalue weighted by atomic mass is 10.1. The number of benzene rings is 2. The molecule has 1 N–H and O–H groups in total. The first-order chi connectivity index (χ1) is 19.0. The van der Waals surface area contributed by atoms with E-state index >= 15 is 0 Å². The van der Waals surface area contributed by atoms with Gasteiger partial charge in [-0.2, -0.15) is 5.10 Å². The lowest BCUT2D eigenvalue weighted by Gasteiger charge is -2.35. The van der Waals surface area contributed by atoms with Crippen molar-refractivity contribution in [1.29, 1.82) is 0 Å². The number of nitrogens with one attached hydrogen (secondary N) is 1.